The van der Waals surface area contributed by atoms with E-state index in [0.717, 1.165) is 5.56 Å². The van der Waals surface area contributed by atoms with Gasteiger partial charge >= 0.3 is 5.97 Å². The van der Waals surface area contributed by atoms with Crippen LogP contribution in [0.25, 0.3) is 11.6 Å². The van der Waals surface area contributed by atoms with Crippen LogP contribution >= 0.6 is 0 Å². The second kappa shape index (κ2) is 5.00. The number of rotatable bonds is 3. The molecular formula is C13H14N2O3. The lowest BCUT2D eigenvalue weighted by Gasteiger charge is -1.96. The molecule has 0 aromatic carbocycles. The fourth-order valence-electron chi connectivity index (χ4n) is 1.49. The highest BCUT2D eigenvalue weighted by atomic mass is 16.5. The van der Waals surface area contributed by atoms with E-state index in [-0.39, 0.29) is 5.69 Å². The zero-order chi connectivity index (χ0) is 13.1. The number of pyridine rings is 1. The first-order valence-electron chi connectivity index (χ1n) is 5.69. The van der Waals surface area contributed by atoms with Crippen molar-refractivity contribution in [3.05, 3.63) is 35.3 Å². The number of aromatic nitrogens is 2. The number of carbonyl (C=O) groups is 1. The summed E-state index contributed by atoms with van der Waals surface area (Å²) >= 11 is 0. The lowest BCUT2D eigenvalue weighted by Crippen LogP contribution is -2.06. The van der Waals surface area contributed by atoms with Crippen LogP contribution in [0.5, 0.6) is 0 Å². The molecule has 0 amide bonds. The minimum absolute atomic E-state index is 0.203. The van der Waals surface area contributed by atoms with Crippen LogP contribution in [0.4, 0.5) is 0 Å². The fraction of sp³-hybridized carbons (Fsp3) is 0.308. The summed E-state index contributed by atoms with van der Waals surface area (Å²) in [5, 5.41) is 0. The van der Waals surface area contributed by atoms with Crippen molar-refractivity contribution in [2.75, 3.05) is 6.61 Å². The predicted octanol–water partition coefficient (Wildman–Crippen LogP) is 2.53. The SMILES string of the molecule is CCOC(=O)c1nc(-c2ccc(C)cn2)oc1C. The second-order valence-corrected chi connectivity index (χ2v) is 3.87. The Morgan fingerprint density at radius 1 is 1.39 bits per heavy atom. The Kier molecular flexibility index (Phi) is 3.41. The van der Waals surface area contributed by atoms with Gasteiger partial charge in [0, 0.05) is 6.20 Å². The number of hydrogen-bond acceptors (Lipinski definition) is 5. The molecule has 0 aliphatic heterocycles. The van der Waals surface area contributed by atoms with Gasteiger partial charge in [0.2, 0.25) is 5.89 Å². The predicted molar refractivity (Wildman–Crippen MR) is 65.2 cm³/mol. The van der Waals surface area contributed by atoms with Crippen LogP contribution in [0, 0.1) is 13.8 Å². The highest BCUT2D eigenvalue weighted by molar-refractivity contribution is 5.88. The van der Waals surface area contributed by atoms with E-state index in [1.165, 1.54) is 0 Å². The monoisotopic (exact) mass is 246 g/mol. The molecule has 94 valence electrons. The molecule has 2 heterocycles. The molecule has 5 heteroatoms. The Bertz CT molecular complexity index is 558. The molecule has 0 fully saturated rings. The Morgan fingerprint density at radius 3 is 2.78 bits per heavy atom. The lowest BCUT2D eigenvalue weighted by atomic mass is 10.3. The first-order chi connectivity index (χ1) is 8.61. The molecule has 2 aromatic rings. The third kappa shape index (κ3) is 2.40. The van der Waals surface area contributed by atoms with Crippen molar-refractivity contribution in [3.8, 4) is 11.6 Å². The first-order valence-corrected chi connectivity index (χ1v) is 5.69. The summed E-state index contributed by atoms with van der Waals surface area (Å²) in [6, 6.07) is 3.71. The van der Waals surface area contributed by atoms with E-state index in [1.54, 1.807) is 26.1 Å². The molecule has 0 saturated heterocycles. The number of esters is 1. The standard InChI is InChI=1S/C13H14N2O3/c1-4-17-13(16)11-9(3)18-12(15-11)10-6-5-8(2)7-14-10/h5-7H,4H2,1-3H3. The number of ether oxygens (including phenoxy) is 1. The van der Waals surface area contributed by atoms with Crippen LogP contribution in [-0.2, 0) is 4.74 Å². The molecular weight excluding hydrogens is 232 g/mol. The summed E-state index contributed by atoms with van der Waals surface area (Å²) in [4.78, 5) is 19.9. The van der Waals surface area contributed by atoms with Crippen molar-refractivity contribution < 1.29 is 13.9 Å². The minimum atomic E-state index is -0.475. The van der Waals surface area contributed by atoms with E-state index in [4.69, 9.17) is 9.15 Å². The van der Waals surface area contributed by atoms with E-state index < -0.39 is 5.97 Å². The number of carbonyl (C=O) groups excluding carboxylic acids is 1. The van der Waals surface area contributed by atoms with Crippen LogP contribution in [0.2, 0.25) is 0 Å². The summed E-state index contributed by atoms with van der Waals surface area (Å²) in [6.45, 7) is 5.68. The topological polar surface area (TPSA) is 65.2 Å². The molecule has 0 N–H and O–H groups in total. The summed E-state index contributed by atoms with van der Waals surface area (Å²) in [5.74, 6) is 0.290. The molecule has 0 spiro atoms. The van der Waals surface area contributed by atoms with Crippen LogP contribution in [0.3, 0.4) is 0 Å². The van der Waals surface area contributed by atoms with Gasteiger partial charge in [-0.2, -0.15) is 0 Å². The smallest absolute Gasteiger partial charge is 0.360 e. The van der Waals surface area contributed by atoms with Crippen molar-refractivity contribution in [2.24, 2.45) is 0 Å². The average Bonchev–Trinajstić information content (AvgIpc) is 2.72. The number of nitrogens with zero attached hydrogens (tertiary/aromatic N) is 2. The van der Waals surface area contributed by atoms with Crippen molar-refractivity contribution in [3.63, 3.8) is 0 Å². The first kappa shape index (κ1) is 12.3. The number of hydrogen-bond donors (Lipinski definition) is 0. The highest BCUT2D eigenvalue weighted by Gasteiger charge is 2.19. The fourth-order valence-corrected chi connectivity index (χ4v) is 1.49. The van der Waals surface area contributed by atoms with Gasteiger partial charge in [-0.15, -0.1) is 0 Å². The van der Waals surface area contributed by atoms with Crippen molar-refractivity contribution in [2.45, 2.75) is 20.8 Å². The van der Waals surface area contributed by atoms with Crippen molar-refractivity contribution >= 4 is 5.97 Å². The average molecular weight is 246 g/mol. The van der Waals surface area contributed by atoms with Crippen LogP contribution in [0.1, 0.15) is 28.7 Å². The van der Waals surface area contributed by atoms with Gasteiger partial charge in [-0.05, 0) is 32.4 Å². The Morgan fingerprint density at radius 2 is 2.17 bits per heavy atom. The van der Waals surface area contributed by atoms with E-state index in [2.05, 4.69) is 9.97 Å². The van der Waals surface area contributed by atoms with Gasteiger partial charge < -0.3 is 9.15 Å². The quantitative estimate of drug-likeness (QED) is 0.778. The van der Waals surface area contributed by atoms with E-state index >= 15 is 0 Å². The summed E-state index contributed by atoms with van der Waals surface area (Å²) in [6.07, 6.45) is 1.72. The molecule has 2 aromatic heterocycles. The zero-order valence-electron chi connectivity index (χ0n) is 10.6. The number of aryl methyl sites for hydroxylation is 2. The molecule has 0 atom stereocenters. The summed E-state index contributed by atoms with van der Waals surface area (Å²) in [7, 11) is 0. The van der Waals surface area contributed by atoms with E-state index in [9.17, 15) is 4.79 Å². The lowest BCUT2D eigenvalue weighted by molar-refractivity contribution is 0.0518. The Hall–Kier alpha value is -2.17. The van der Waals surface area contributed by atoms with Crippen LogP contribution in [0.15, 0.2) is 22.7 Å². The molecule has 18 heavy (non-hydrogen) atoms. The van der Waals surface area contributed by atoms with Gasteiger partial charge in [0.05, 0.1) is 6.61 Å². The van der Waals surface area contributed by atoms with Gasteiger partial charge in [0.25, 0.3) is 0 Å². The van der Waals surface area contributed by atoms with Crippen molar-refractivity contribution in [1.82, 2.24) is 9.97 Å². The van der Waals surface area contributed by atoms with Gasteiger partial charge in [0.15, 0.2) is 5.69 Å². The summed E-state index contributed by atoms with van der Waals surface area (Å²) < 4.78 is 10.3. The maximum atomic E-state index is 11.6. The van der Waals surface area contributed by atoms with Gasteiger partial charge in [-0.1, -0.05) is 6.07 Å². The third-order valence-electron chi connectivity index (χ3n) is 2.40. The molecule has 0 radical (unpaired) electrons. The largest absolute Gasteiger partial charge is 0.461 e. The van der Waals surface area contributed by atoms with E-state index in [0.29, 0.717) is 24.0 Å². The number of oxazole rings is 1. The van der Waals surface area contributed by atoms with E-state index in [1.807, 2.05) is 13.0 Å². The summed E-state index contributed by atoms with van der Waals surface area (Å²) in [5.41, 5.74) is 1.85. The van der Waals surface area contributed by atoms with Gasteiger partial charge in [-0.25, -0.2) is 9.78 Å². The molecule has 0 bridgehead atoms. The molecule has 2 rings (SSSR count). The Labute approximate surface area is 105 Å². The van der Waals surface area contributed by atoms with Crippen LogP contribution < -0.4 is 0 Å². The Balaban J connectivity index is 2.34. The van der Waals surface area contributed by atoms with Crippen molar-refractivity contribution in [1.29, 1.82) is 0 Å². The second-order valence-electron chi connectivity index (χ2n) is 3.87. The molecule has 0 aliphatic rings. The highest BCUT2D eigenvalue weighted by Crippen LogP contribution is 2.20. The normalized spacial score (nSPS) is 10.4. The molecule has 0 aliphatic carbocycles. The maximum absolute atomic E-state index is 11.6. The van der Waals surface area contributed by atoms with Crippen LogP contribution in [-0.4, -0.2) is 22.5 Å². The maximum Gasteiger partial charge on any atom is 0.360 e. The molecule has 0 unspecified atom stereocenters. The molecule has 5 nitrogen and oxygen atoms in total. The third-order valence-corrected chi connectivity index (χ3v) is 2.40. The zero-order valence-corrected chi connectivity index (χ0v) is 10.6. The van der Waals surface area contributed by atoms with Gasteiger partial charge in [-0.3, -0.25) is 4.98 Å². The minimum Gasteiger partial charge on any atom is -0.461 e. The van der Waals surface area contributed by atoms with Gasteiger partial charge in [0.1, 0.15) is 11.5 Å². The molecule has 0 saturated carbocycles.